The van der Waals surface area contributed by atoms with Crippen LogP contribution in [0.3, 0.4) is 0 Å². The Kier molecular flexibility index (Phi) is 4.76. The lowest BCUT2D eigenvalue weighted by atomic mass is 9.97. The predicted octanol–water partition coefficient (Wildman–Crippen LogP) is 2.47. The van der Waals surface area contributed by atoms with E-state index in [1.165, 1.54) is 16.7 Å². The Morgan fingerprint density at radius 2 is 1.91 bits per heavy atom. The minimum atomic E-state index is -1.18. The molecule has 0 bridgehead atoms. The zero-order chi connectivity index (χ0) is 17.8. The molecule has 3 atom stereocenters. The lowest BCUT2D eigenvalue weighted by Crippen LogP contribution is -2.68. The van der Waals surface area contributed by atoms with Gasteiger partial charge >= 0.3 is 11.9 Å². The van der Waals surface area contributed by atoms with Crippen LogP contribution in [0.5, 0.6) is 0 Å². The van der Waals surface area contributed by atoms with Crippen LogP contribution in [0.15, 0.2) is 0 Å². The van der Waals surface area contributed by atoms with E-state index in [2.05, 4.69) is 15.9 Å². The minimum absolute atomic E-state index is 0.346. The fourth-order valence-electron chi connectivity index (χ4n) is 2.40. The zero-order valence-corrected chi connectivity index (χ0v) is 16.7. The molecule has 2 saturated heterocycles. The first kappa shape index (κ1) is 18.9. The highest BCUT2D eigenvalue weighted by Crippen LogP contribution is 2.59. The van der Waals surface area contributed by atoms with E-state index in [1.807, 2.05) is 13.8 Å². The highest BCUT2D eigenvalue weighted by atomic mass is 79.9. The summed E-state index contributed by atoms with van der Waals surface area (Å²) in [5.41, 5.74) is -0.679. The van der Waals surface area contributed by atoms with Crippen molar-refractivity contribution in [3.63, 3.8) is 0 Å². The molecule has 0 aliphatic carbocycles. The van der Waals surface area contributed by atoms with Crippen LogP contribution in [0, 0.1) is 5.41 Å². The van der Waals surface area contributed by atoms with Crippen LogP contribution in [-0.2, 0) is 23.9 Å². The normalized spacial score (nSPS) is 32.1. The summed E-state index contributed by atoms with van der Waals surface area (Å²) in [6, 6.07) is -0.775. The maximum atomic E-state index is 12.4. The van der Waals surface area contributed by atoms with Crippen LogP contribution < -0.4 is 0 Å². The van der Waals surface area contributed by atoms with Gasteiger partial charge in [-0.3, -0.25) is 9.59 Å². The molecule has 2 fully saturated rings. The SMILES string of the molecule is CC(C)(C)C(=O)OCOC(=O)[C@@H]1N2C(=O)[C@@](Cl)(Br)[C@H]2SC1(C)C. The minimum Gasteiger partial charge on any atom is -0.427 e. The van der Waals surface area contributed by atoms with E-state index in [0.717, 1.165) is 0 Å². The molecular formula is C14H19BrClNO5S. The number of carbonyl (C=O) groups excluding carboxylic acids is 3. The topological polar surface area (TPSA) is 72.9 Å². The summed E-state index contributed by atoms with van der Waals surface area (Å²) in [4.78, 5) is 37.6. The molecule has 2 rings (SSSR count). The number of halogens is 2. The molecule has 0 aromatic carbocycles. The molecule has 23 heavy (non-hydrogen) atoms. The molecule has 1 amide bonds. The maximum Gasteiger partial charge on any atom is 0.333 e. The van der Waals surface area contributed by atoms with Gasteiger partial charge in [-0.25, -0.2) is 4.79 Å². The zero-order valence-electron chi connectivity index (χ0n) is 13.5. The molecule has 2 aliphatic rings. The van der Waals surface area contributed by atoms with Crippen LogP contribution in [0.25, 0.3) is 0 Å². The Morgan fingerprint density at radius 3 is 2.43 bits per heavy atom. The maximum absolute atomic E-state index is 12.4. The summed E-state index contributed by atoms with van der Waals surface area (Å²) < 4.78 is 8.24. The number of rotatable bonds is 3. The number of thioether (sulfide) groups is 1. The van der Waals surface area contributed by atoms with Crippen LogP contribution >= 0.6 is 39.3 Å². The molecule has 0 unspecified atom stereocenters. The summed E-state index contributed by atoms with van der Waals surface area (Å²) in [5.74, 6) is -1.45. The smallest absolute Gasteiger partial charge is 0.333 e. The monoisotopic (exact) mass is 427 g/mol. The van der Waals surface area contributed by atoms with E-state index in [9.17, 15) is 14.4 Å². The Morgan fingerprint density at radius 1 is 1.35 bits per heavy atom. The third kappa shape index (κ3) is 3.22. The van der Waals surface area contributed by atoms with Crippen molar-refractivity contribution in [1.29, 1.82) is 0 Å². The molecule has 0 aromatic heterocycles. The van der Waals surface area contributed by atoms with Gasteiger partial charge in [0.2, 0.25) is 10.6 Å². The van der Waals surface area contributed by atoms with Gasteiger partial charge in [-0.05, 0) is 34.6 Å². The fraction of sp³-hybridized carbons (Fsp3) is 0.786. The molecule has 2 aliphatic heterocycles. The van der Waals surface area contributed by atoms with Crippen molar-refractivity contribution < 1.29 is 23.9 Å². The number of fused-ring (bicyclic) bond motifs is 1. The van der Waals surface area contributed by atoms with Gasteiger partial charge in [0.25, 0.3) is 5.91 Å². The summed E-state index contributed by atoms with van der Waals surface area (Å²) in [5, 5.41) is -0.346. The molecule has 0 radical (unpaired) electrons. The number of hydrogen-bond acceptors (Lipinski definition) is 6. The number of alkyl halides is 2. The second-order valence-electron chi connectivity index (χ2n) is 7.07. The average molecular weight is 429 g/mol. The largest absolute Gasteiger partial charge is 0.427 e. The van der Waals surface area contributed by atoms with E-state index in [0.29, 0.717) is 0 Å². The first-order valence-corrected chi connectivity index (χ1v) is 9.07. The first-order chi connectivity index (χ1) is 10.3. The summed E-state index contributed by atoms with van der Waals surface area (Å²) in [6.45, 7) is 8.32. The number of hydrogen-bond donors (Lipinski definition) is 0. The number of nitrogens with zero attached hydrogens (tertiary/aromatic N) is 1. The van der Waals surface area contributed by atoms with Gasteiger partial charge in [0, 0.05) is 4.75 Å². The number of esters is 2. The van der Waals surface area contributed by atoms with Crippen LogP contribution in [0.2, 0.25) is 0 Å². The standard InChI is InChI=1S/C14H19BrClNO5S/c1-12(2,3)11(20)22-6-21-8(18)7-13(4,5)23-10-14(15,16)9(19)17(7)10/h7,10H,6H2,1-5H3/t7-,10+,14-/m0/s1. The first-order valence-electron chi connectivity index (χ1n) is 7.02. The second-order valence-corrected chi connectivity index (χ2v) is 11.1. The second kappa shape index (κ2) is 5.81. The Bertz CT molecular complexity index is 560. The summed E-state index contributed by atoms with van der Waals surface area (Å²) in [6.07, 6.45) is 0. The van der Waals surface area contributed by atoms with Crippen molar-refractivity contribution in [3.8, 4) is 0 Å². The van der Waals surface area contributed by atoms with Crippen molar-refractivity contribution in [1.82, 2.24) is 4.90 Å². The van der Waals surface area contributed by atoms with E-state index in [-0.39, 0.29) is 11.3 Å². The van der Waals surface area contributed by atoms with Gasteiger partial charge in [0.05, 0.1) is 5.41 Å². The van der Waals surface area contributed by atoms with Crippen molar-refractivity contribution in [2.75, 3.05) is 6.79 Å². The number of β-lactam (4-membered cyclic amide) rings is 1. The Hall–Kier alpha value is -0.470. The molecule has 0 saturated carbocycles. The lowest BCUT2D eigenvalue weighted by Gasteiger charge is -2.46. The molecule has 0 aromatic rings. The van der Waals surface area contributed by atoms with Gasteiger partial charge in [-0.15, -0.1) is 11.8 Å². The van der Waals surface area contributed by atoms with Gasteiger partial charge in [0.1, 0.15) is 11.4 Å². The third-order valence-electron chi connectivity index (χ3n) is 3.66. The number of carbonyl (C=O) groups is 3. The van der Waals surface area contributed by atoms with Crippen LogP contribution in [0.1, 0.15) is 34.6 Å². The molecule has 2 heterocycles. The van der Waals surface area contributed by atoms with E-state index < -0.39 is 38.7 Å². The predicted molar refractivity (Wildman–Crippen MR) is 90.1 cm³/mol. The molecule has 130 valence electrons. The average Bonchev–Trinajstić information content (AvgIpc) is 2.67. The molecule has 9 heteroatoms. The van der Waals surface area contributed by atoms with Crippen molar-refractivity contribution in [2.24, 2.45) is 5.41 Å². The molecule has 6 nitrogen and oxygen atoms in total. The quantitative estimate of drug-likeness (QED) is 0.298. The van der Waals surface area contributed by atoms with Crippen LogP contribution in [-0.4, -0.2) is 49.5 Å². The van der Waals surface area contributed by atoms with Crippen molar-refractivity contribution in [2.45, 2.75) is 54.6 Å². The van der Waals surface area contributed by atoms with Gasteiger partial charge in [0.15, 0.2) is 0 Å². The lowest BCUT2D eigenvalue weighted by molar-refractivity contribution is -0.179. The Labute approximate surface area is 152 Å². The summed E-state index contributed by atoms with van der Waals surface area (Å²) in [7, 11) is 0. The molecule has 0 N–H and O–H groups in total. The highest BCUT2D eigenvalue weighted by Gasteiger charge is 2.70. The van der Waals surface area contributed by atoms with Gasteiger partial charge in [-0.1, -0.05) is 27.5 Å². The van der Waals surface area contributed by atoms with Crippen molar-refractivity contribution >= 4 is 57.1 Å². The number of amides is 1. The third-order valence-corrected chi connectivity index (χ3v) is 6.87. The molecule has 0 spiro atoms. The van der Waals surface area contributed by atoms with E-state index in [4.69, 9.17) is 21.1 Å². The van der Waals surface area contributed by atoms with E-state index >= 15 is 0 Å². The fourth-order valence-corrected chi connectivity index (χ4v) is 4.93. The molecular weight excluding hydrogens is 410 g/mol. The van der Waals surface area contributed by atoms with Crippen molar-refractivity contribution in [3.05, 3.63) is 0 Å². The van der Waals surface area contributed by atoms with Crippen LogP contribution in [0.4, 0.5) is 0 Å². The summed E-state index contributed by atoms with van der Waals surface area (Å²) >= 11 is 10.7. The number of ether oxygens (including phenoxy) is 2. The van der Waals surface area contributed by atoms with E-state index in [1.54, 1.807) is 20.8 Å². The van der Waals surface area contributed by atoms with Gasteiger partial charge < -0.3 is 14.4 Å². The highest BCUT2D eigenvalue weighted by molar-refractivity contribution is 9.11. The Balaban J connectivity index is 2.00. The van der Waals surface area contributed by atoms with Gasteiger partial charge in [-0.2, -0.15) is 0 Å².